The van der Waals surface area contributed by atoms with Gasteiger partial charge in [0.15, 0.2) is 0 Å². The van der Waals surface area contributed by atoms with Gasteiger partial charge in [-0.2, -0.15) is 0 Å². The van der Waals surface area contributed by atoms with E-state index in [1.807, 2.05) is 44.2 Å². The number of aromatic nitrogens is 1. The highest BCUT2D eigenvalue weighted by atomic mass is 16.5. The van der Waals surface area contributed by atoms with Crippen molar-refractivity contribution in [2.45, 2.75) is 26.7 Å². The van der Waals surface area contributed by atoms with E-state index >= 15 is 0 Å². The zero-order valence-corrected chi connectivity index (χ0v) is 12.6. The Morgan fingerprint density at radius 2 is 2.10 bits per heavy atom. The van der Waals surface area contributed by atoms with Crippen molar-refractivity contribution < 1.29 is 9.53 Å². The molecular formula is C17H22N2O2. The lowest BCUT2D eigenvalue weighted by atomic mass is 10.1. The van der Waals surface area contributed by atoms with Crippen LogP contribution in [0.5, 0.6) is 5.75 Å². The van der Waals surface area contributed by atoms with E-state index in [1.54, 1.807) is 6.20 Å². The van der Waals surface area contributed by atoms with E-state index < -0.39 is 0 Å². The molecular weight excluding hydrogens is 264 g/mol. The Kier molecular flexibility index (Phi) is 5.55. The molecule has 0 fully saturated rings. The van der Waals surface area contributed by atoms with Gasteiger partial charge in [0.05, 0.1) is 6.61 Å². The highest BCUT2D eigenvalue weighted by Crippen LogP contribution is 2.22. The minimum Gasteiger partial charge on any atom is -0.491 e. The standard InChI is InChI=1S/C17H22N2O2/c1-13(2)12-16(20)18-10-5-11-21-15-8-3-6-14-7-4-9-19-17(14)15/h3-4,6-9,13H,5,10-12H2,1-2H3,(H,18,20). The molecule has 0 aliphatic heterocycles. The number of carbonyl (C=O) groups is 1. The van der Waals surface area contributed by atoms with Crippen LogP contribution in [0.3, 0.4) is 0 Å². The van der Waals surface area contributed by atoms with E-state index in [9.17, 15) is 4.79 Å². The lowest BCUT2D eigenvalue weighted by Crippen LogP contribution is -2.26. The number of para-hydroxylation sites is 1. The maximum absolute atomic E-state index is 11.5. The van der Waals surface area contributed by atoms with Crippen molar-refractivity contribution in [3.8, 4) is 5.75 Å². The Labute approximate surface area is 125 Å². The number of pyridine rings is 1. The van der Waals surface area contributed by atoms with Gasteiger partial charge in [-0.1, -0.05) is 32.0 Å². The fourth-order valence-electron chi connectivity index (χ4n) is 2.12. The van der Waals surface area contributed by atoms with Crippen molar-refractivity contribution in [1.29, 1.82) is 0 Å². The largest absolute Gasteiger partial charge is 0.491 e. The lowest BCUT2D eigenvalue weighted by Gasteiger charge is -2.09. The molecule has 0 atom stereocenters. The molecule has 0 aliphatic carbocycles. The zero-order chi connectivity index (χ0) is 15.1. The summed E-state index contributed by atoms with van der Waals surface area (Å²) in [4.78, 5) is 15.8. The van der Waals surface area contributed by atoms with Crippen LogP contribution >= 0.6 is 0 Å². The average molecular weight is 286 g/mol. The maximum Gasteiger partial charge on any atom is 0.220 e. The second kappa shape index (κ2) is 7.62. The summed E-state index contributed by atoms with van der Waals surface area (Å²) in [6.45, 7) is 5.29. The van der Waals surface area contributed by atoms with Crippen molar-refractivity contribution in [2.24, 2.45) is 5.92 Å². The summed E-state index contributed by atoms with van der Waals surface area (Å²) >= 11 is 0. The van der Waals surface area contributed by atoms with Crippen LogP contribution in [0.25, 0.3) is 10.9 Å². The smallest absolute Gasteiger partial charge is 0.220 e. The van der Waals surface area contributed by atoms with Crippen LogP contribution in [0.2, 0.25) is 0 Å². The molecule has 1 aromatic heterocycles. The van der Waals surface area contributed by atoms with Crippen LogP contribution in [0.15, 0.2) is 36.5 Å². The number of hydrogen-bond donors (Lipinski definition) is 1. The number of nitrogens with zero attached hydrogens (tertiary/aromatic N) is 1. The number of hydrogen-bond acceptors (Lipinski definition) is 3. The van der Waals surface area contributed by atoms with E-state index in [2.05, 4.69) is 10.3 Å². The Balaban J connectivity index is 1.77. The van der Waals surface area contributed by atoms with Gasteiger partial charge in [-0.05, 0) is 24.5 Å². The highest BCUT2D eigenvalue weighted by molar-refractivity contribution is 5.84. The molecule has 0 aliphatic rings. The third-order valence-electron chi connectivity index (χ3n) is 3.09. The molecule has 4 heteroatoms. The van der Waals surface area contributed by atoms with Crippen molar-refractivity contribution >= 4 is 16.8 Å². The third kappa shape index (κ3) is 4.74. The fraction of sp³-hybridized carbons (Fsp3) is 0.412. The van der Waals surface area contributed by atoms with Gasteiger partial charge in [-0.15, -0.1) is 0 Å². The SMILES string of the molecule is CC(C)CC(=O)NCCCOc1cccc2cccnc12. The number of ether oxygens (including phenoxy) is 1. The average Bonchev–Trinajstić information content (AvgIpc) is 2.46. The molecule has 2 rings (SSSR count). The molecule has 0 unspecified atom stereocenters. The molecule has 21 heavy (non-hydrogen) atoms. The molecule has 0 bridgehead atoms. The Hall–Kier alpha value is -2.10. The van der Waals surface area contributed by atoms with Gasteiger partial charge in [-0.3, -0.25) is 9.78 Å². The van der Waals surface area contributed by atoms with Crippen molar-refractivity contribution in [1.82, 2.24) is 10.3 Å². The molecule has 1 N–H and O–H groups in total. The van der Waals surface area contributed by atoms with Crippen molar-refractivity contribution in [3.05, 3.63) is 36.5 Å². The normalized spacial score (nSPS) is 10.8. The Morgan fingerprint density at radius 1 is 1.29 bits per heavy atom. The van der Waals surface area contributed by atoms with Gasteiger partial charge in [0.2, 0.25) is 5.91 Å². The predicted octanol–water partition coefficient (Wildman–Crippen LogP) is 3.17. The monoisotopic (exact) mass is 286 g/mol. The second-order valence-corrected chi connectivity index (χ2v) is 5.48. The van der Waals surface area contributed by atoms with Gasteiger partial charge < -0.3 is 10.1 Å². The molecule has 1 heterocycles. The summed E-state index contributed by atoms with van der Waals surface area (Å²) in [7, 11) is 0. The summed E-state index contributed by atoms with van der Waals surface area (Å²) in [6.07, 6.45) is 3.13. The molecule has 1 amide bonds. The number of carbonyl (C=O) groups excluding carboxylic acids is 1. The van der Waals surface area contributed by atoms with Crippen LogP contribution in [0.4, 0.5) is 0 Å². The van der Waals surface area contributed by atoms with Crippen molar-refractivity contribution in [3.63, 3.8) is 0 Å². The first-order valence-electron chi connectivity index (χ1n) is 7.40. The quantitative estimate of drug-likeness (QED) is 0.795. The van der Waals surface area contributed by atoms with Crippen LogP contribution in [-0.4, -0.2) is 24.0 Å². The molecule has 0 spiro atoms. The number of rotatable bonds is 7. The van der Waals surface area contributed by atoms with Crippen LogP contribution in [0.1, 0.15) is 26.7 Å². The molecule has 0 radical (unpaired) electrons. The fourth-order valence-corrected chi connectivity index (χ4v) is 2.12. The first-order valence-corrected chi connectivity index (χ1v) is 7.40. The molecule has 4 nitrogen and oxygen atoms in total. The third-order valence-corrected chi connectivity index (χ3v) is 3.09. The van der Waals surface area contributed by atoms with Gasteiger partial charge in [0.25, 0.3) is 0 Å². The van der Waals surface area contributed by atoms with Crippen LogP contribution in [-0.2, 0) is 4.79 Å². The van der Waals surface area contributed by atoms with E-state index in [1.165, 1.54) is 0 Å². The topological polar surface area (TPSA) is 51.2 Å². The summed E-state index contributed by atoms with van der Waals surface area (Å²) < 4.78 is 5.77. The summed E-state index contributed by atoms with van der Waals surface area (Å²) in [5.41, 5.74) is 0.879. The first-order chi connectivity index (χ1) is 10.2. The van der Waals surface area contributed by atoms with Gasteiger partial charge in [0.1, 0.15) is 11.3 Å². The minimum absolute atomic E-state index is 0.108. The Morgan fingerprint density at radius 3 is 2.90 bits per heavy atom. The molecule has 2 aromatic rings. The summed E-state index contributed by atoms with van der Waals surface area (Å²) in [6, 6.07) is 9.83. The van der Waals surface area contributed by atoms with Gasteiger partial charge in [-0.25, -0.2) is 0 Å². The lowest BCUT2D eigenvalue weighted by molar-refractivity contribution is -0.121. The summed E-state index contributed by atoms with van der Waals surface area (Å²) in [5.74, 6) is 1.29. The number of benzene rings is 1. The molecule has 112 valence electrons. The van der Waals surface area contributed by atoms with E-state index in [-0.39, 0.29) is 5.91 Å². The molecule has 0 saturated heterocycles. The minimum atomic E-state index is 0.108. The van der Waals surface area contributed by atoms with E-state index in [0.29, 0.717) is 25.5 Å². The van der Waals surface area contributed by atoms with E-state index in [0.717, 1.165) is 23.1 Å². The number of amides is 1. The molecule has 1 aromatic carbocycles. The van der Waals surface area contributed by atoms with Crippen LogP contribution < -0.4 is 10.1 Å². The first kappa shape index (κ1) is 15.3. The van der Waals surface area contributed by atoms with Gasteiger partial charge >= 0.3 is 0 Å². The Bertz CT molecular complexity index is 591. The van der Waals surface area contributed by atoms with E-state index in [4.69, 9.17) is 4.74 Å². The zero-order valence-electron chi connectivity index (χ0n) is 12.6. The van der Waals surface area contributed by atoms with Crippen LogP contribution in [0, 0.1) is 5.92 Å². The predicted molar refractivity (Wildman–Crippen MR) is 84.3 cm³/mol. The maximum atomic E-state index is 11.5. The molecule has 0 saturated carbocycles. The number of nitrogens with one attached hydrogen (secondary N) is 1. The second-order valence-electron chi connectivity index (χ2n) is 5.48. The van der Waals surface area contributed by atoms with Gasteiger partial charge in [0, 0.05) is 24.5 Å². The highest BCUT2D eigenvalue weighted by Gasteiger charge is 2.04. The number of fused-ring (bicyclic) bond motifs is 1. The van der Waals surface area contributed by atoms with Crippen molar-refractivity contribution in [2.75, 3.05) is 13.2 Å². The summed E-state index contributed by atoms with van der Waals surface area (Å²) in [5, 5.41) is 3.97.